The summed E-state index contributed by atoms with van der Waals surface area (Å²) >= 11 is 0. The summed E-state index contributed by atoms with van der Waals surface area (Å²) in [4.78, 5) is 10.8. The molecular weight excluding hydrogens is 275 g/mol. The summed E-state index contributed by atoms with van der Waals surface area (Å²) in [6.45, 7) is 1.73. The molecule has 1 aromatic rings. The van der Waals surface area contributed by atoms with Gasteiger partial charge in [-0.25, -0.2) is 14.2 Å². The molecule has 0 aliphatic carbocycles. The van der Waals surface area contributed by atoms with E-state index in [4.69, 9.17) is 10.5 Å². The normalized spacial score (nSPS) is 23.0. The van der Waals surface area contributed by atoms with Crippen molar-refractivity contribution in [2.24, 2.45) is 5.73 Å². The van der Waals surface area contributed by atoms with E-state index in [2.05, 4.69) is 0 Å². The number of hydroxylamine groups is 2. The van der Waals surface area contributed by atoms with Gasteiger partial charge in [0.25, 0.3) is 0 Å². The zero-order chi connectivity index (χ0) is 15.4. The minimum absolute atomic E-state index is 0.00715. The minimum atomic E-state index is -0.848. The van der Waals surface area contributed by atoms with Crippen molar-refractivity contribution in [2.45, 2.75) is 50.9 Å². The number of ether oxygens (including phenoxy) is 1. The third-order valence-corrected chi connectivity index (χ3v) is 3.90. The molecule has 3 unspecified atom stereocenters. The number of carbonyl (C=O) groups excluding carboxylic acids is 1. The number of hydrogen-bond acceptors (Lipinski definition) is 3. The zero-order valence-corrected chi connectivity index (χ0v) is 12.0. The molecule has 0 aromatic heterocycles. The fourth-order valence-electron chi connectivity index (χ4n) is 2.61. The van der Waals surface area contributed by atoms with Gasteiger partial charge in [-0.1, -0.05) is 12.1 Å². The third-order valence-electron chi connectivity index (χ3n) is 3.90. The molecule has 1 fully saturated rings. The van der Waals surface area contributed by atoms with Crippen LogP contribution < -0.4 is 5.73 Å². The Morgan fingerprint density at radius 1 is 1.48 bits per heavy atom. The number of amides is 2. The molecule has 0 bridgehead atoms. The summed E-state index contributed by atoms with van der Waals surface area (Å²) in [6, 6.07) is 5.17. The van der Waals surface area contributed by atoms with Gasteiger partial charge < -0.3 is 10.5 Å². The highest BCUT2D eigenvalue weighted by Gasteiger charge is 2.27. The smallest absolute Gasteiger partial charge is 0.338 e. The maximum Gasteiger partial charge on any atom is 0.338 e. The number of urea groups is 1. The lowest BCUT2D eigenvalue weighted by Crippen LogP contribution is -2.39. The predicted molar refractivity (Wildman–Crippen MR) is 75.2 cm³/mol. The van der Waals surface area contributed by atoms with Gasteiger partial charge >= 0.3 is 6.03 Å². The number of nitrogens with two attached hydrogens (primary N) is 1. The van der Waals surface area contributed by atoms with E-state index >= 15 is 0 Å². The van der Waals surface area contributed by atoms with Crippen LogP contribution in [0.25, 0.3) is 0 Å². The van der Waals surface area contributed by atoms with E-state index in [1.165, 1.54) is 12.1 Å². The summed E-state index contributed by atoms with van der Waals surface area (Å²) < 4.78 is 18.8. The summed E-state index contributed by atoms with van der Waals surface area (Å²) in [5.41, 5.74) is 5.99. The lowest BCUT2D eigenvalue weighted by atomic mass is 10.0. The molecule has 3 atom stereocenters. The summed E-state index contributed by atoms with van der Waals surface area (Å²) in [6.07, 6.45) is 3.24. The number of halogens is 1. The van der Waals surface area contributed by atoms with E-state index in [1.54, 1.807) is 19.1 Å². The molecule has 5 nitrogen and oxygen atoms in total. The standard InChI is InChI=1S/C15H21FN2O3/c1-10(18(20)15(17)19)2-7-13-8-9-14(21-13)11-3-5-12(16)6-4-11/h3-6,10,13-14,20H,2,7-9H2,1H3,(H2,17,19). The van der Waals surface area contributed by atoms with Crippen LogP contribution in [0.2, 0.25) is 0 Å². The lowest BCUT2D eigenvalue weighted by molar-refractivity contribution is -0.0753. The maximum atomic E-state index is 12.9. The molecule has 0 spiro atoms. The Kier molecular flexibility index (Phi) is 5.14. The topological polar surface area (TPSA) is 75.8 Å². The number of rotatable bonds is 5. The molecule has 0 radical (unpaired) electrons. The number of hydrogen-bond donors (Lipinski definition) is 2. The van der Waals surface area contributed by atoms with E-state index in [-0.39, 0.29) is 24.1 Å². The van der Waals surface area contributed by atoms with Gasteiger partial charge in [0, 0.05) is 0 Å². The van der Waals surface area contributed by atoms with E-state index in [0.29, 0.717) is 11.5 Å². The van der Waals surface area contributed by atoms with E-state index in [1.807, 2.05) is 0 Å². The molecule has 21 heavy (non-hydrogen) atoms. The van der Waals surface area contributed by atoms with Crippen LogP contribution in [0.5, 0.6) is 0 Å². The van der Waals surface area contributed by atoms with Crippen LogP contribution in [-0.4, -0.2) is 28.4 Å². The highest BCUT2D eigenvalue weighted by Crippen LogP contribution is 2.34. The molecule has 1 saturated heterocycles. The van der Waals surface area contributed by atoms with Gasteiger partial charge in [-0.2, -0.15) is 0 Å². The van der Waals surface area contributed by atoms with Crippen LogP contribution >= 0.6 is 0 Å². The molecule has 2 amide bonds. The van der Waals surface area contributed by atoms with E-state index in [0.717, 1.165) is 24.8 Å². The number of nitrogens with zero attached hydrogens (tertiary/aromatic N) is 1. The summed E-state index contributed by atoms with van der Waals surface area (Å²) in [5, 5.41) is 9.96. The SMILES string of the molecule is CC(CCC1CCC(c2ccc(F)cc2)O1)N(O)C(N)=O. The van der Waals surface area contributed by atoms with Crippen molar-refractivity contribution in [3.8, 4) is 0 Å². The Labute approximate surface area is 123 Å². The quantitative estimate of drug-likeness (QED) is 0.648. The Balaban J connectivity index is 1.80. The Hall–Kier alpha value is -1.66. The van der Waals surface area contributed by atoms with Crippen molar-refractivity contribution in [3.05, 3.63) is 35.6 Å². The third kappa shape index (κ3) is 4.15. The molecule has 6 heteroatoms. The monoisotopic (exact) mass is 296 g/mol. The molecule has 1 aliphatic rings. The van der Waals surface area contributed by atoms with Gasteiger partial charge in [0.15, 0.2) is 0 Å². The Bertz CT molecular complexity index is 480. The molecule has 3 N–H and O–H groups in total. The first-order valence-corrected chi connectivity index (χ1v) is 7.16. The first-order chi connectivity index (χ1) is 9.97. The molecule has 2 rings (SSSR count). The molecule has 1 heterocycles. The highest BCUT2D eigenvalue weighted by molar-refractivity contribution is 5.70. The molecular formula is C15H21FN2O3. The average molecular weight is 296 g/mol. The fourth-order valence-corrected chi connectivity index (χ4v) is 2.61. The highest BCUT2D eigenvalue weighted by atomic mass is 19.1. The van der Waals surface area contributed by atoms with Crippen molar-refractivity contribution in [1.29, 1.82) is 0 Å². The molecule has 0 saturated carbocycles. The van der Waals surface area contributed by atoms with Crippen LogP contribution in [0.1, 0.15) is 44.3 Å². The lowest BCUT2D eigenvalue weighted by Gasteiger charge is -2.22. The fraction of sp³-hybridized carbons (Fsp3) is 0.533. The van der Waals surface area contributed by atoms with Gasteiger partial charge in [-0.15, -0.1) is 0 Å². The summed E-state index contributed by atoms with van der Waals surface area (Å²) in [7, 11) is 0. The second kappa shape index (κ2) is 6.87. The number of benzene rings is 1. The second-order valence-corrected chi connectivity index (χ2v) is 5.48. The van der Waals surface area contributed by atoms with Gasteiger partial charge in [-0.3, -0.25) is 5.21 Å². The first kappa shape index (κ1) is 15.7. The van der Waals surface area contributed by atoms with Gasteiger partial charge in [0.1, 0.15) is 5.82 Å². The first-order valence-electron chi connectivity index (χ1n) is 7.16. The van der Waals surface area contributed by atoms with Gasteiger partial charge in [0.2, 0.25) is 0 Å². The van der Waals surface area contributed by atoms with Crippen molar-refractivity contribution in [2.75, 3.05) is 0 Å². The zero-order valence-electron chi connectivity index (χ0n) is 12.0. The van der Waals surface area contributed by atoms with Crippen molar-refractivity contribution < 1.29 is 19.1 Å². The van der Waals surface area contributed by atoms with Crippen molar-refractivity contribution in [1.82, 2.24) is 5.06 Å². The number of carbonyl (C=O) groups is 1. The Morgan fingerprint density at radius 2 is 2.14 bits per heavy atom. The van der Waals surface area contributed by atoms with E-state index < -0.39 is 6.03 Å². The van der Waals surface area contributed by atoms with Crippen LogP contribution in [0.3, 0.4) is 0 Å². The number of primary amides is 1. The Morgan fingerprint density at radius 3 is 2.76 bits per heavy atom. The summed E-state index contributed by atoms with van der Waals surface area (Å²) in [5.74, 6) is -0.253. The minimum Gasteiger partial charge on any atom is -0.370 e. The van der Waals surface area contributed by atoms with Crippen LogP contribution in [0, 0.1) is 5.82 Å². The van der Waals surface area contributed by atoms with Crippen LogP contribution in [0.4, 0.5) is 9.18 Å². The van der Waals surface area contributed by atoms with Crippen molar-refractivity contribution >= 4 is 6.03 Å². The molecule has 116 valence electrons. The maximum absolute atomic E-state index is 12.9. The predicted octanol–water partition coefficient (Wildman–Crippen LogP) is 2.98. The molecule has 1 aromatic carbocycles. The average Bonchev–Trinajstić information content (AvgIpc) is 2.93. The second-order valence-electron chi connectivity index (χ2n) is 5.48. The largest absolute Gasteiger partial charge is 0.370 e. The van der Waals surface area contributed by atoms with Crippen molar-refractivity contribution in [3.63, 3.8) is 0 Å². The van der Waals surface area contributed by atoms with E-state index in [9.17, 15) is 14.4 Å². The van der Waals surface area contributed by atoms with Crippen LogP contribution in [0.15, 0.2) is 24.3 Å². The van der Waals surface area contributed by atoms with Crippen LogP contribution in [-0.2, 0) is 4.74 Å². The molecule has 1 aliphatic heterocycles. The van der Waals surface area contributed by atoms with Gasteiger partial charge in [0.05, 0.1) is 18.2 Å². The van der Waals surface area contributed by atoms with Gasteiger partial charge in [-0.05, 0) is 50.3 Å².